The van der Waals surface area contributed by atoms with Crippen molar-refractivity contribution < 1.29 is 24.3 Å². The van der Waals surface area contributed by atoms with E-state index in [0.29, 0.717) is 24.1 Å². The van der Waals surface area contributed by atoms with Gasteiger partial charge in [-0.3, -0.25) is 24.1 Å². The summed E-state index contributed by atoms with van der Waals surface area (Å²) >= 11 is 0. The van der Waals surface area contributed by atoms with Gasteiger partial charge >= 0.3 is 5.97 Å². The molecule has 7 heteroatoms. The molecule has 1 aromatic carbocycles. The molecule has 2 aliphatic rings. The average Bonchev–Trinajstić information content (AvgIpc) is 3.12. The molecule has 1 saturated heterocycles. The van der Waals surface area contributed by atoms with Crippen molar-refractivity contribution in [1.82, 2.24) is 9.80 Å². The predicted octanol–water partition coefficient (Wildman–Crippen LogP) is 0.606. The van der Waals surface area contributed by atoms with Crippen LogP contribution in [0.2, 0.25) is 0 Å². The number of fused-ring (bicyclic) bond motifs is 1. The van der Waals surface area contributed by atoms with Crippen LogP contribution in [-0.4, -0.2) is 58.2 Å². The van der Waals surface area contributed by atoms with Gasteiger partial charge in [-0.2, -0.15) is 0 Å². The fourth-order valence-electron chi connectivity index (χ4n) is 3.00. The molecule has 0 aromatic heterocycles. The number of likely N-dealkylation sites (tertiary alicyclic amines) is 1. The highest BCUT2D eigenvalue weighted by Crippen LogP contribution is 2.23. The lowest BCUT2D eigenvalue weighted by atomic mass is 10.1. The fraction of sp³-hybridized carbons (Fsp3) is 0.375. The smallest absolute Gasteiger partial charge is 0.308 e. The first-order chi connectivity index (χ1) is 11.0. The first-order valence-electron chi connectivity index (χ1n) is 7.45. The first kappa shape index (κ1) is 15.2. The quantitative estimate of drug-likeness (QED) is 0.821. The molecule has 2 heterocycles. The summed E-state index contributed by atoms with van der Waals surface area (Å²) in [6.07, 6.45) is 0.450. The fourth-order valence-corrected chi connectivity index (χ4v) is 3.00. The van der Waals surface area contributed by atoms with Gasteiger partial charge in [-0.15, -0.1) is 0 Å². The highest BCUT2D eigenvalue weighted by Gasteiger charge is 2.36. The number of nitrogens with zero attached hydrogens (tertiary/aromatic N) is 2. The summed E-state index contributed by atoms with van der Waals surface area (Å²) in [7, 11) is 0. The molecular formula is C16H16N2O5. The van der Waals surface area contributed by atoms with Crippen molar-refractivity contribution in [3.63, 3.8) is 0 Å². The Labute approximate surface area is 132 Å². The minimum Gasteiger partial charge on any atom is -0.481 e. The summed E-state index contributed by atoms with van der Waals surface area (Å²) in [5, 5.41) is 8.95. The Bertz CT molecular complexity index is 664. The van der Waals surface area contributed by atoms with Gasteiger partial charge in [-0.05, 0) is 18.6 Å². The molecule has 0 saturated carbocycles. The molecule has 1 N–H and O–H groups in total. The maximum absolute atomic E-state index is 12.2. The number of carbonyl (C=O) groups is 4. The molecule has 23 heavy (non-hydrogen) atoms. The molecule has 0 aliphatic carbocycles. The third-order valence-electron chi connectivity index (χ3n) is 4.32. The van der Waals surface area contributed by atoms with E-state index in [4.69, 9.17) is 5.11 Å². The van der Waals surface area contributed by atoms with Crippen molar-refractivity contribution in [3.05, 3.63) is 35.4 Å². The number of carboxylic acids is 1. The van der Waals surface area contributed by atoms with Gasteiger partial charge in [0.15, 0.2) is 0 Å². The summed E-state index contributed by atoms with van der Waals surface area (Å²) in [5.74, 6) is -2.43. The lowest BCUT2D eigenvalue weighted by Crippen LogP contribution is -2.36. The summed E-state index contributed by atoms with van der Waals surface area (Å²) in [4.78, 5) is 50.0. The van der Waals surface area contributed by atoms with Crippen LogP contribution in [0.15, 0.2) is 24.3 Å². The van der Waals surface area contributed by atoms with Gasteiger partial charge in [-0.25, -0.2) is 0 Å². The Morgan fingerprint density at radius 3 is 2.26 bits per heavy atom. The Balaban J connectivity index is 1.60. The number of amides is 3. The van der Waals surface area contributed by atoms with E-state index in [0.717, 1.165) is 4.90 Å². The molecule has 0 spiro atoms. The lowest BCUT2D eigenvalue weighted by Gasteiger charge is -2.18. The Hall–Kier alpha value is -2.70. The van der Waals surface area contributed by atoms with Gasteiger partial charge in [0.1, 0.15) is 0 Å². The van der Waals surface area contributed by atoms with Crippen LogP contribution in [0.4, 0.5) is 0 Å². The first-order valence-corrected chi connectivity index (χ1v) is 7.45. The van der Waals surface area contributed by atoms with Crippen LogP contribution in [0.3, 0.4) is 0 Å². The molecule has 3 rings (SSSR count). The summed E-state index contributed by atoms with van der Waals surface area (Å²) in [6.45, 7) is 0.605. The van der Waals surface area contributed by atoms with Crippen LogP contribution < -0.4 is 0 Å². The molecule has 0 radical (unpaired) electrons. The molecule has 7 nitrogen and oxygen atoms in total. The van der Waals surface area contributed by atoms with Crippen molar-refractivity contribution in [3.8, 4) is 0 Å². The Morgan fingerprint density at radius 1 is 1.13 bits per heavy atom. The van der Waals surface area contributed by atoms with E-state index < -0.39 is 11.9 Å². The normalized spacial score (nSPS) is 20.1. The average molecular weight is 316 g/mol. The van der Waals surface area contributed by atoms with E-state index in [1.807, 2.05) is 0 Å². The van der Waals surface area contributed by atoms with Gasteiger partial charge in [0, 0.05) is 26.1 Å². The number of hydrogen-bond donors (Lipinski definition) is 1. The number of aliphatic carboxylic acids is 1. The molecule has 1 aromatic rings. The third kappa shape index (κ3) is 2.69. The predicted molar refractivity (Wildman–Crippen MR) is 78.7 cm³/mol. The molecule has 3 amide bonds. The number of rotatable bonds is 4. The zero-order chi connectivity index (χ0) is 16.6. The zero-order valence-electron chi connectivity index (χ0n) is 12.4. The highest BCUT2D eigenvalue weighted by atomic mass is 16.4. The third-order valence-corrected chi connectivity index (χ3v) is 4.32. The van der Waals surface area contributed by atoms with E-state index in [2.05, 4.69) is 0 Å². The maximum Gasteiger partial charge on any atom is 0.308 e. The molecular weight excluding hydrogens is 300 g/mol. The maximum atomic E-state index is 12.2. The number of hydrogen-bond acceptors (Lipinski definition) is 4. The van der Waals surface area contributed by atoms with E-state index in [1.54, 1.807) is 24.3 Å². The second kappa shape index (κ2) is 5.83. The van der Waals surface area contributed by atoms with Crippen LogP contribution in [0.1, 0.15) is 33.6 Å². The largest absolute Gasteiger partial charge is 0.481 e. The van der Waals surface area contributed by atoms with Crippen LogP contribution in [-0.2, 0) is 9.59 Å². The summed E-state index contributed by atoms with van der Waals surface area (Å²) in [5.41, 5.74) is 0.717. The molecule has 1 atom stereocenters. The van der Waals surface area contributed by atoms with Gasteiger partial charge in [0.05, 0.1) is 17.0 Å². The van der Waals surface area contributed by atoms with Crippen LogP contribution in [0.5, 0.6) is 0 Å². The summed E-state index contributed by atoms with van der Waals surface area (Å²) < 4.78 is 0. The van der Waals surface area contributed by atoms with E-state index >= 15 is 0 Å². The second-order valence-corrected chi connectivity index (χ2v) is 5.72. The van der Waals surface area contributed by atoms with Gasteiger partial charge < -0.3 is 10.0 Å². The Kier molecular flexibility index (Phi) is 3.85. The standard InChI is InChI=1S/C16H16N2O5/c19-13(17-7-5-10(9-17)16(22)23)6-8-18-14(20)11-3-1-2-4-12(11)15(18)21/h1-4,10H,5-9H2,(H,22,23). The second-order valence-electron chi connectivity index (χ2n) is 5.72. The van der Waals surface area contributed by atoms with Gasteiger partial charge in [0.25, 0.3) is 11.8 Å². The van der Waals surface area contributed by atoms with E-state index in [1.165, 1.54) is 4.90 Å². The van der Waals surface area contributed by atoms with Crippen LogP contribution in [0.25, 0.3) is 0 Å². The molecule has 2 aliphatic heterocycles. The number of carbonyl (C=O) groups excluding carboxylic acids is 3. The Morgan fingerprint density at radius 2 is 1.74 bits per heavy atom. The van der Waals surface area contributed by atoms with Crippen LogP contribution >= 0.6 is 0 Å². The van der Waals surface area contributed by atoms with Gasteiger partial charge in [-0.1, -0.05) is 12.1 Å². The highest BCUT2D eigenvalue weighted by molar-refractivity contribution is 6.21. The van der Waals surface area contributed by atoms with Crippen LogP contribution in [0, 0.1) is 5.92 Å². The molecule has 0 bridgehead atoms. The van der Waals surface area contributed by atoms with E-state index in [9.17, 15) is 19.2 Å². The molecule has 120 valence electrons. The van der Waals surface area contributed by atoms with Crippen molar-refractivity contribution in [2.75, 3.05) is 19.6 Å². The zero-order valence-corrected chi connectivity index (χ0v) is 12.4. The SMILES string of the molecule is O=C(O)C1CCN(C(=O)CCN2C(=O)c3ccccc3C2=O)C1. The topological polar surface area (TPSA) is 95.0 Å². The number of benzene rings is 1. The van der Waals surface area contributed by atoms with E-state index in [-0.39, 0.29) is 37.2 Å². The molecule has 1 fully saturated rings. The lowest BCUT2D eigenvalue weighted by molar-refractivity contribution is -0.141. The number of carboxylic acid groups (broad SMARTS) is 1. The van der Waals surface area contributed by atoms with Gasteiger partial charge in [0.2, 0.25) is 5.91 Å². The van der Waals surface area contributed by atoms with Crippen molar-refractivity contribution in [2.45, 2.75) is 12.8 Å². The minimum absolute atomic E-state index is 0.0117. The van der Waals surface area contributed by atoms with Crippen molar-refractivity contribution >= 4 is 23.7 Å². The minimum atomic E-state index is -0.902. The number of imide groups is 1. The van der Waals surface area contributed by atoms with Crippen molar-refractivity contribution in [1.29, 1.82) is 0 Å². The molecule has 1 unspecified atom stereocenters. The summed E-state index contributed by atoms with van der Waals surface area (Å²) in [6, 6.07) is 6.56. The van der Waals surface area contributed by atoms with Crippen molar-refractivity contribution in [2.24, 2.45) is 5.92 Å². The monoisotopic (exact) mass is 316 g/mol.